The van der Waals surface area contributed by atoms with E-state index in [1.165, 1.54) is 0 Å². The number of carbonyl (C=O) groups excluding carboxylic acids is 1. The molecule has 0 atom stereocenters. The summed E-state index contributed by atoms with van der Waals surface area (Å²) in [6, 6.07) is 10.8. The second-order valence-corrected chi connectivity index (χ2v) is 6.41. The molecule has 8 heteroatoms. The summed E-state index contributed by atoms with van der Waals surface area (Å²) in [5.41, 5.74) is 1.57. The summed E-state index contributed by atoms with van der Waals surface area (Å²) in [7, 11) is 0. The minimum Gasteiger partial charge on any atom is -0.356 e. The minimum atomic E-state index is -0.0901. The lowest BCUT2D eigenvalue weighted by molar-refractivity contribution is -0.121. The summed E-state index contributed by atoms with van der Waals surface area (Å²) < 4.78 is 5.16. The lowest BCUT2D eigenvalue weighted by Gasteiger charge is -2.06. The van der Waals surface area contributed by atoms with Gasteiger partial charge in [0, 0.05) is 35.6 Å². The minimum absolute atomic E-state index is 0.0901. The van der Waals surface area contributed by atoms with Crippen LogP contribution in [0.1, 0.15) is 17.9 Å². The van der Waals surface area contributed by atoms with Gasteiger partial charge in [0.2, 0.25) is 17.6 Å². The first-order valence-electron chi connectivity index (χ1n) is 8.06. The lowest BCUT2D eigenvalue weighted by Crippen LogP contribution is -2.26. The highest BCUT2D eigenvalue weighted by molar-refractivity contribution is 6.35. The van der Waals surface area contributed by atoms with E-state index in [9.17, 15) is 4.79 Å². The number of benzene rings is 1. The van der Waals surface area contributed by atoms with Gasteiger partial charge in [-0.3, -0.25) is 9.78 Å². The van der Waals surface area contributed by atoms with Crippen LogP contribution in [0.3, 0.4) is 0 Å². The summed E-state index contributed by atoms with van der Waals surface area (Å²) in [4.78, 5) is 20.4. The zero-order chi connectivity index (χ0) is 18.4. The molecule has 3 aromatic rings. The number of nitrogens with zero attached hydrogens (tertiary/aromatic N) is 3. The van der Waals surface area contributed by atoms with E-state index in [0.717, 1.165) is 5.56 Å². The molecule has 2 heterocycles. The summed E-state index contributed by atoms with van der Waals surface area (Å²) in [5, 5.41) is 7.91. The Morgan fingerprint density at radius 2 is 2.04 bits per heavy atom. The first-order chi connectivity index (χ1) is 12.6. The van der Waals surface area contributed by atoms with Crippen LogP contribution in [-0.4, -0.2) is 27.6 Å². The number of hydrogen-bond donors (Lipinski definition) is 1. The number of amides is 1. The number of carbonyl (C=O) groups is 1. The highest BCUT2D eigenvalue weighted by Gasteiger charge is 2.11. The van der Waals surface area contributed by atoms with Gasteiger partial charge in [0.05, 0.1) is 0 Å². The fourth-order valence-corrected chi connectivity index (χ4v) is 2.83. The molecule has 0 aliphatic carbocycles. The first kappa shape index (κ1) is 18.4. The number of rotatable bonds is 7. The van der Waals surface area contributed by atoms with Crippen molar-refractivity contribution in [2.24, 2.45) is 0 Å². The maximum Gasteiger partial charge on any atom is 0.227 e. The number of aromatic nitrogens is 3. The number of aryl methyl sites for hydroxylation is 1. The summed E-state index contributed by atoms with van der Waals surface area (Å²) in [6.45, 7) is 0.489. The molecular formula is C18H16Cl2N4O2. The SMILES string of the molecule is O=C(CCc1nc(-c2ccccn2)no1)NCCc1ccc(Cl)cc1Cl. The van der Waals surface area contributed by atoms with Crippen molar-refractivity contribution >= 4 is 29.1 Å². The average molecular weight is 391 g/mol. The van der Waals surface area contributed by atoms with Gasteiger partial charge in [0.15, 0.2) is 0 Å². The highest BCUT2D eigenvalue weighted by Crippen LogP contribution is 2.21. The van der Waals surface area contributed by atoms with Gasteiger partial charge in [-0.05, 0) is 36.2 Å². The van der Waals surface area contributed by atoms with Crippen LogP contribution in [0, 0.1) is 0 Å². The lowest BCUT2D eigenvalue weighted by atomic mass is 10.1. The molecule has 0 radical (unpaired) electrons. The largest absolute Gasteiger partial charge is 0.356 e. The van der Waals surface area contributed by atoms with Crippen molar-refractivity contribution in [3.63, 3.8) is 0 Å². The van der Waals surface area contributed by atoms with Gasteiger partial charge in [-0.25, -0.2) is 0 Å². The Morgan fingerprint density at radius 1 is 1.15 bits per heavy atom. The van der Waals surface area contributed by atoms with Crippen LogP contribution in [0.5, 0.6) is 0 Å². The van der Waals surface area contributed by atoms with Gasteiger partial charge in [0.1, 0.15) is 5.69 Å². The number of hydrogen-bond acceptors (Lipinski definition) is 5. The molecule has 0 bridgehead atoms. The molecule has 134 valence electrons. The van der Waals surface area contributed by atoms with E-state index in [-0.39, 0.29) is 12.3 Å². The molecule has 0 saturated heterocycles. The van der Waals surface area contributed by atoms with Gasteiger partial charge in [0.25, 0.3) is 0 Å². The van der Waals surface area contributed by atoms with Gasteiger partial charge < -0.3 is 9.84 Å². The Labute approximate surface area is 160 Å². The van der Waals surface area contributed by atoms with E-state index in [4.69, 9.17) is 27.7 Å². The van der Waals surface area contributed by atoms with Crippen molar-refractivity contribution < 1.29 is 9.32 Å². The average Bonchev–Trinajstić information content (AvgIpc) is 3.12. The monoisotopic (exact) mass is 390 g/mol. The van der Waals surface area contributed by atoms with Crippen molar-refractivity contribution in [3.05, 3.63) is 64.1 Å². The molecule has 0 aliphatic heterocycles. The third-order valence-corrected chi connectivity index (χ3v) is 4.25. The Balaban J connectivity index is 1.44. The predicted molar refractivity (Wildman–Crippen MR) is 99.0 cm³/mol. The maximum atomic E-state index is 12.0. The molecule has 1 amide bonds. The fraction of sp³-hybridized carbons (Fsp3) is 0.222. The summed E-state index contributed by atoms with van der Waals surface area (Å²) >= 11 is 12.0. The maximum absolute atomic E-state index is 12.0. The third kappa shape index (κ3) is 5.03. The Bertz CT molecular complexity index is 884. The molecule has 26 heavy (non-hydrogen) atoms. The molecule has 2 aromatic heterocycles. The van der Waals surface area contributed by atoms with Gasteiger partial charge in [-0.15, -0.1) is 0 Å². The second kappa shape index (κ2) is 8.78. The van der Waals surface area contributed by atoms with Crippen LogP contribution in [0.25, 0.3) is 11.5 Å². The van der Waals surface area contributed by atoms with Crippen molar-refractivity contribution in [1.82, 2.24) is 20.4 Å². The topological polar surface area (TPSA) is 80.9 Å². The first-order valence-corrected chi connectivity index (χ1v) is 8.82. The summed E-state index contributed by atoms with van der Waals surface area (Å²) in [6.07, 6.45) is 2.92. The van der Waals surface area contributed by atoms with Crippen LogP contribution in [0.4, 0.5) is 0 Å². The molecular weight excluding hydrogens is 375 g/mol. The smallest absolute Gasteiger partial charge is 0.227 e. The van der Waals surface area contributed by atoms with Crippen molar-refractivity contribution in [3.8, 4) is 11.5 Å². The van der Waals surface area contributed by atoms with Gasteiger partial charge in [-0.1, -0.05) is 40.5 Å². The van der Waals surface area contributed by atoms with Gasteiger partial charge >= 0.3 is 0 Å². The van der Waals surface area contributed by atoms with E-state index in [2.05, 4.69) is 20.4 Å². The zero-order valence-electron chi connectivity index (χ0n) is 13.8. The zero-order valence-corrected chi connectivity index (χ0v) is 15.3. The van der Waals surface area contributed by atoms with Crippen molar-refractivity contribution in [2.75, 3.05) is 6.54 Å². The van der Waals surface area contributed by atoms with E-state index in [1.807, 2.05) is 18.2 Å². The van der Waals surface area contributed by atoms with E-state index >= 15 is 0 Å². The van der Waals surface area contributed by atoms with E-state index in [0.29, 0.717) is 46.8 Å². The molecule has 0 unspecified atom stereocenters. The van der Waals surface area contributed by atoms with Gasteiger partial charge in [-0.2, -0.15) is 4.98 Å². The van der Waals surface area contributed by atoms with E-state index in [1.54, 1.807) is 24.4 Å². The van der Waals surface area contributed by atoms with Crippen LogP contribution in [0.15, 0.2) is 47.1 Å². The van der Waals surface area contributed by atoms with Crippen LogP contribution >= 0.6 is 23.2 Å². The highest BCUT2D eigenvalue weighted by atomic mass is 35.5. The van der Waals surface area contributed by atoms with Crippen molar-refractivity contribution in [1.29, 1.82) is 0 Å². The number of pyridine rings is 1. The Kier molecular flexibility index (Phi) is 6.20. The molecule has 0 fully saturated rings. The molecule has 3 rings (SSSR count). The van der Waals surface area contributed by atoms with Crippen LogP contribution in [-0.2, 0) is 17.6 Å². The number of halogens is 2. The summed E-state index contributed by atoms with van der Waals surface area (Å²) in [5.74, 6) is 0.729. The molecule has 1 N–H and O–H groups in total. The molecule has 0 saturated carbocycles. The molecule has 0 spiro atoms. The standard InChI is InChI=1S/C18H16Cl2N4O2/c19-13-5-4-12(14(20)11-13)8-10-22-16(25)6-7-17-23-18(24-26-17)15-3-1-2-9-21-15/h1-5,9,11H,6-8,10H2,(H,22,25). The van der Waals surface area contributed by atoms with Crippen LogP contribution < -0.4 is 5.32 Å². The quantitative estimate of drug-likeness (QED) is 0.664. The molecule has 6 nitrogen and oxygen atoms in total. The van der Waals surface area contributed by atoms with Crippen LogP contribution in [0.2, 0.25) is 10.0 Å². The Morgan fingerprint density at radius 3 is 2.81 bits per heavy atom. The van der Waals surface area contributed by atoms with E-state index < -0.39 is 0 Å². The second-order valence-electron chi connectivity index (χ2n) is 5.56. The molecule has 0 aliphatic rings. The Hall–Kier alpha value is -2.44. The molecule has 1 aromatic carbocycles. The van der Waals surface area contributed by atoms with Crippen molar-refractivity contribution in [2.45, 2.75) is 19.3 Å². The predicted octanol–water partition coefficient (Wildman–Crippen LogP) is 3.73. The third-order valence-electron chi connectivity index (χ3n) is 3.66. The normalized spacial score (nSPS) is 10.7. The fourth-order valence-electron chi connectivity index (χ4n) is 2.33. The number of nitrogens with one attached hydrogen (secondary N) is 1.